The van der Waals surface area contributed by atoms with Gasteiger partial charge in [-0.3, -0.25) is 0 Å². The van der Waals surface area contributed by atoms with Crippen molar-refractivity contribution in [3.05, 3.63) is 0 Å². The lowest BCUT2D eigenvalue weighted by atomic mass is 9.44. The van der Waals surface area contributed by atoms with Crippen LogP contribution in [0.4, 0.5) is 0 Å². The fourth-order valence-corrected chi connectivity index (χ4v) is 8.62. The van der Waals surface area contributed by atoms with E-state index in [0.29, 0.717) is 23.4 Å². The van der Waals surface area contributed by atoms with Crippen molar-refractivity contribution in [3.63, 3.8) is 0 Å². The molecule has 9 atom stereocenters. The van der Waals surface area contributed by atoms with Crippen molar-refractivity contribution in [2.45, 2.75) is 91.1 Å². The summed E-state index contributed by atoms with van der Waals surface area (Å²) < 4.78 is 0. The standard InChI is InChI=1S/C23H40O2/c1-15(10-13-24)19-6-7-20-18-5-4-16-14-17(25)8-11-22(16,2)21(18)9-12-23(19,20)3/h15-21,24-25H,4-14H2,1-3H3/t15-,16-,17-,18-,19+,20-,21-,22-,23+/m0/s1. The molecule has 2 nitrogen and oxygen atoms in total. The van der Waals surface area contributed by atoms with Gasteiger partial charge in [0.25, 0.3) is 0 Å². The molecule has 0 radical (unpaired) electrons. The van der Waals surface area contributed by atoms with Crippen molar-refractivity contribution < 1.29 is 10.2 Å². The first-order valence-electron chi connectivity index (χ1n) is 11.2. The summed E-state index contributed by atoms with van der Waals surface area (Å²) in [5.74, 6) is 5.03. The van der Waals surface area contributed by atoms with Crippen LogP contribution in [-0.2, 0) is 0 Å². The van der Waals surface area contributed by atoms with E-state index >= 15 is 0 Å². The minimum Gasteiger partial charge on any atom is -0.396 e. The first kappa shape index (κ1) is 18.3. The summed E-state index contributed by atoms with van der Waals surface area (Å²) in [6.07, 6.45) is 12.7. The highest BCUT2D eigenvalue weighted by Gasteiger charge is 2.60. The topological polar surface area (TPSA) is 40.5 Å². The molecule has 0 heterocycles. The predicted octanol–water partition coefficient (Wildman–Crippen LogP) is 5.02. The highest BCUT2D eigenvalue weighted by molar-refractivity contribution is 5.09. The third-order valence-electron chi connectivity index (χ3n) is 9.98. The zero-order valence-electron chi connectivity index (χ0n) is 16.7. The van der Waals surface area contributed by atoms with Gasteiger partial charge < -0.3 is 10.2 Å². The van der Waals surface area contributed by atoms with Gasteiger partial charge in [-0.25, -0.2) is 0 Å². The normalized spacial score (nSPS) is 53.6. The molecule has 144 valence electrons. The van der Waals surface area contributed by atoms with E-state index in [9.17, 15) is 10.2 Å². The maximum absolute atomic E-state index is 10.2. The van der Waals surface area contributed by atoms with Gasteiger partial charge in [0.2, 0.25) is 0 Å². The number of hydrogen-bond acceptors (Lipinski definition) is 2. The number of aliphatic hydroxyl groups is 2. The highest BCUT2D eigenvalue weighted by atomic mass is 16.3. The van der Waals surface area contributed by atoms with Gasteiger partial charge in [-0.1, -0.05) is 20.8 Å². The molecule has 4 aliphatic rings. The quantitative estimate of drug-likeness (QED) is 0.751. The number of hydrogen-bond donors (Lipinski definition) is 2. The lowest BCUT2D eigenvalue weighted by Crippen LogP contribution is -2.54. The van der Waals surface area contributed by atoms with Crippen molar-refractivity contribution in [1.82, 2.24) is 0 Å². The van der Waals surface area contributed by atoms with Crippen LogP contribution in [0.1, 0.15) is 85.0 Å². The van der Waals surface area contributed by atoms with Crippen LogP contribution in [0, 0.1) is 46.3 Å². The summed E-state index contributed by atoms with van der Waals surface area (Å²) in [6.45, 7) is 7.94. The van der Waals surface area contributed by atoms with Gasteiger partial charge in [-0.15, -0.1) is 0 Å². The average molecular weight is 349 g/mol. The Kier molecular flexibility index (Phi) is 4.77. The summed E-state index contributed by atoms with van der Waals surface area (Å²) in [5.41, 5.74) is 1.02. The van der Waals surface area contributed by atoms with Crippen LogP contribution < -0.4 is 0 Å². The zero-order valence-corrected chi connectivity index (χ0v) is 16.7. The van der Waals surface area contributed by atoms with Crippen molar-refractivity contribution in [2.75, 3.05) is 6.61 Å². The monoisotopic (exact) mass is 348 g/mol. The fraction of sp³-hybridized carbons (Fsp3) is 1.00. The van der Waals surface area contributed by atoms with E-state index in [1.807, 2.05) is 0 Å². The molecule has 0 saturated heterocycles. The maximum Gasteiger partial charge on any atom is 0.0543 e. The molecule has 2 N–H and O–H groups in total. The summed E-state index contributed by atoms with van der Waals surface area (Å²) in [4.78, 5) is 0. The second kappa shape index (κ2) is 6.51. The fourth-order valence-electron chi connectivity index (χ4n) is 8.62. The van der Waals surface area contributed by atoms with Crippen molar-refractivity contribution in [3.8, 4) is 0 Å². The van der Waals surface area contributed by atoms with Crippen molar-refractivity contribution in [1.29, 1.82) is 0 Å². The lowest BCUT2D eigenvalue weighted by Gasteiger charge is -2.61. The van der Waals surface area contributed by atoms with E-state index in [1.54, 1.807) is 0 Å². The van der Waals surface area contributed by atoms with Gasteiger partial charge in [-0.05, 0) is 111 Å². The molecule has 0 bridgehead atoms. The van der Waals surface area contributed by atoms with Crippen LogP contribution in [0.3, 0.4) is 0 Å². The summed E-state index contributed by atoms with van der Waals surface area (Å²) in [7, 11) is 0. The Balaban J connectivity index is 1.56. The maximum atomic E-state index is 10.2. The summed E-state index contributed by atoms with van der Waals surface area (Å²) >= 11 is 0. The molecular formula is C23H40O2. The molecule has 4 aliphatic carbocycles. The Morgan fingerprint density at radius 2 is 1.64 bits per heavy atom. The minimum absolute atomic E-state index is 0.0290. The Labute approximate surface area is 154 Å². The SMILES string of the molecule is C[C@@H](CCO)[C@H]1CC[C@H]2[C@@H]3CC[C@H]4C[C@@H](O)CC[C@]4(C)[C@H]3CC[C@]12C. The molecule has 4 fully saturated rings. The Morgan fingerprint density at radius 1 is 0.920 bits per heavy atom. The Bertz CT molecular complexity index is 490. The second-order valence-corrected chi connectivity index (χ2v) is 10.8. The van der Waals surface area contributed by atoms with Crippen molar-refractivity contribution in [2.24, 2.45) is 46.3 Å². The van der Waals surface area contributed by atoms with E-state index in [0.717, 1.165) is 48.9 Å². The van der Waals surface area contributed by atoms with Crippen LogP contribution in [0.5, 0.6) is 0 Å². The van der Waals surface area contributed by atoms with Gasteiger partial charge in [0.1, 0.15) is 0 Å². The zero-order chi connectivity index (χ0) is 17.8. The van der Waals surface area contributed by atoms with Gasteiger partial charge in [0.05, 0.1) is 6.10 Å². The third-order valence-corrected chi connectivity index (χ3v) is 9.98. The Hall–Kier alpha value is -0.0800. The van der Waals surface area contributed by atoms with E-state index in [2.05, 4.69) is 20.8 Å². The molecule has 4 saturated carbocycles. The molecule has 0 aromatic rings. The second-order valence-electron chi connectivity index (χ2n) is 10.8. The lowest BCUT2D eigenvalue weighted by molar-refractivity contribution is -0.129. The Morgan fingerprint density at radius 3 is 2.40 bits per heavy atom. The number of fused-ring (bicyclic) bond motifs is 5. The third kappa shape index (κ3) is 2.73. The first-order chi connectivity index (χ1) is 11.9. The van der Waals surface area contributed by atoms with Crippen LogP contribution in [-0.4, -0.2) is 22.9 Å². The van der Waals surface area contributed by atoms with E-state index < -0.39 is 0 Å². The van der Waals surface area contributed by atoms with Gasteiger partial charge >= 0.3 is 0 Å². The van der Waals surface area contributed by atoms with E-state index in [1.165, 1.54) is 44.9 Å². The molecule has 0 spiro atoms. The van der Waals surface area contributed by atoms with Gasteiger partial charge in [0.15, 0.2) is 0 Å². The van der Waals surface area contributed by atoms with Gasteiger partial charge in [0, 0.05) is 6.61 Å². The smallest absolute Gasteiger partial charge is 0.0543 e. The van der Waals surface area contributed by atoms with E-state index in [-0.39, 0.29) is 6.10 Å². The predicted molar refractivity (Wildman–Crippen MR) is 102 cm³/mol. The van der Waals surface area contributed by atoms with Crippen LogP contribution >= 0.6 is 0 Å². The summed E-state index contributed by atoms with van der Waals surface area (Å²) in [5, 5.41) is 19.6. The van der Waals surface area contributed by atoms with Crippen LogP contribution in [0.25, 0.3) is 0 Å². The van der Waals surface area contributed by atoms with Gasteiger partial charge in [-0.2, -0.15) is 0 Å². The first-order valence-corrected chi connectivity index (χ1v) is 11.2. The van der Waals surface area contributed by atoms with Crippen LogP contribution in [0.2, 0.25) is 0 Å². The molecule has 0 aromatic heterocycles. The minimum atomic E-state index is -0.0290. The molecule has 4 rings (SSSR count). The van der Waals surface area contributed by atoms with Crippen LogP contribution in [0.15, 0.2) is 0 Å². The largest absolute Gasteiger partial charge is 0.396 e. The van der Waals surface area contributed by atoms with Crippen molar-refractivity contribution >= 4 is 0 Å². The molecule has 25 heavy (non-hydrogen) atoms. The van der Waals surface area contributed by atoms with E-state index in [4.69, 9.17) is 0 Å². The molecule has 2 heteroatoms. The molecular weight excluding hydrogens is 308 g/mol. The molecule has 0 aliphatic heterocycles. The number of rotatable bonds is 3. The summed E-state index contributed by atoms with van der Waals surface area (Å²) in [6, 6.07) is 0. The molecule has 0 aromatic carbocycles. The average Bonchev–Trinajstić information content (AvgIpc) is 2.93. The highest BCUT2D eigenvalue weighted by Crippen LogP contribution is 2.68. The molecule has 0 amide bonds. The number of aliphatic hydroxyl groups excluding tert-OH is 2. The molecule has 0 unspecified atom stereocenters.